The third kappa shape index (κ3) is 5.88. The molecule has 0 aliphatic carbocycles. The van der Waals surface area contributed by atoms with Crippen LogP contribution >= 0.6 is 0 Å². The van der Waals surface area contributed by atoms with E-state index in [0.29, 0.717) is 17.1 Å². The van der Waals surface area contributed by atoms with E-state index >= 15 is 0 Å². The lowest BCUT2D eigenvalue weighted by atomic mass is 10.2. The molecule has 7 heteroatoms. The predicted molar refractivity (Wildman–Crippen MR) is 85.5 cm³/mol. The van der Waals surface area contributed by atoms with E-state index in [0.717, 1.165) is 0 Å². The van der Waals surface area contributed by atoms with Gasteiger partial charge in [-0.25, -0.2) is 17.5 Å². The van der Waals surface area contributed by atoms with E-state index in [2.05, 4.69) is 4.72 Å². The molecule has 0 atom stereocenters. The van der Waals surface area contributed by atoms with Gasteiger partial charge in [-0.05, 0) is 42.0 Å². The van der Waals surface area contributed by atoms with Crippen LogP contribution in [-0.2, 0) is 16.6 Å². The highest BCUT2D eigenvalue weighted by molar-refractivity contribution is 7.89. The topological polar surface area (TPSA) is 64.6 Å². The van der Waals surface area contributed by atoms with Crippen LogP contribution in [0.15, 0.2) is 48.5 Å². The van der Waals surface area contributed by atoms with E-state index in [4.69, 9.17) is 9.47 Å². The van der Waals surface area contributed by atoms with Gasteiger partial charge >= 0.3 is 0 Å². The first-order chi connectivity index (χ1) is 11.0. The summed E-state index contributed by atoms with van der Waals surface area (Å²) < 4.78 is 49.4. The van der Waals surface area contributed by atoms with Gasteiger partial charge in [0.25, 0.3) is 0 Å². The normalized spacial score (nSPS) is 11.2. The zero-order valence-corrected chi connectivity index (χ0v) is 13.5. The van der Waals surface area contributed by atoms with Crippen molar-refractivity contribution in [1.29, 1.82) is 0 Å². The number of nitrogens with one attached hydrogen (secondary N) is 1. The Labute approximate surface area is 135 Å². The molecule has 0 aliphatic heterocycles. The Hall–Kier alpha value is -2.12. The van der Waals surface area contributed by atoms with Gasteiger partial charge in [0.1, 0.15) is 23.9 Å². The lowest BCUT2D eigenvalue weighted by Crippen LogP contribution is -2.28. The average molecular weight is 339 g/mol. The zero-order chi connectivity index (χ0) is 16.7. The van der Waals surface area contributed by atoms with Gasteiger partial charge in [0.05, 0.1) is 12.9 Å². The van der Waals surface area contributed by atoms with Gasteiger partial charge in [-0.2, -0.15) is 0 Å². The highest BCUT2D eigenvalue weighted by Crippen LogP contribution is 2.16. The highest BCUT2D eigenvalue weighted by atomic mass is 32.2. The van der Waals surface area contributed by atoms with Gasteiger partial charge in [0.2, 0.25) is 10.0 Å². The number of hydrogen-bond acceptors (Lipinski definition) is 4. The zero-order valence-electron chi connectivity index (χ0n) is 12.7. The number of hydrogen-bond donors (Lipinski definition) is 1. The molecular weight excluding hydrogens is 321 g/mol. The minimum atomic E-state index is -3.47. The fraction of sp³-hybridized carbons (Fsp3) is 0.250. The molecule has 0 saturated carbocycles. The summed E-state index contributed by atoms with van der Waals surface area (Å²) in [6.07, 6.45) is 0. The molecule has 2 aromatic rings. The molecule has 0 heterocycles. The van der Waals surface area contributed by atoms with Crippen molar-refractivity contribution in [2.24, 2.45) is 0 Å². The Morgan fingerprint density at radius 1 is 1.00 bits per heavy atom. The molecule has 124 valence electrons. The van der Waals surface area contributed by atoms with Crippen LogP contribution in [0.25, 0.3) is 0 Å². The second-order valence-electron chi connectivity index (χ2n) is 4.79. The molecule has 0 aromatic heterocycles. The SMILES string of the molecule is COc1ccc(OCCS(=O)(=O)NCc2ccc(F)cc2)cc1. The van der Waals surface area contributed by atoms with Crippen molar-refractivity contribution in [3.63, 3.8) is 0 Å². The number of rotatable bonds is 8. The Bertz CT molecular complexity index is 715. The summed E-state index contributed by atoms with van der Waals surface area (Å²) in [6.45, 7) is 0.149. The first kappa shape index (κ1) is 17.2. The van der Waals surface area contributed by atoms with Crippen molar-refractivity contribution in [2.75, 3.05) is 19.5 Å². The number of ether oxygens (including phenoxy) is 2. The molecule has 0 aliphatic rings. The third-order valence-electron chi connectivity index (χ3n) is 3.09. The van der Waals surface area contributed by atoms with Gasteiger partial charge in [-0.1, -0.05) is 12.1 Å². The largest absolute Gasteiger partial charge is 0.497 e. The summed E-state index contributed by atoms with van der Waals surface area (Å²) in [6, 6.07) is 12.5. The van der Waals surface area contributed by atoms with Crippen LogP contribution in [0.3, 0.4) is 0 Å². The van der Waals surface area contributed by atoms with Crippen molar-refractivity contribution in [3.05, 3.63) is 59.9 Å². The number of benzene rings is 2. The molecule has 0 radical (unpaired) electrons. The minimum Gasteiger partial charge on any atom is -0.497 e. The van der Waals surface area contributed by atoms with Crippen LogP contribution in [-0.4, -0.2) is 27.9 Å². The van der Waals surface area contributed by atoms with E-state index in [-0.39, 0.29) is 24.7 Å². The van der Waals surface area contributed by atoms with Crippen molar-refractivity contribution in [1.82, 2.24) is 4.72 Å². The van der Waals surface area contributed by atoms with Crippen molar-refractivity contribution in [2.45, 2.75) is 6.54 Å². The van der Waals surface area contributed by atoms with E-state index < -0.39 is 10.0 Å². The standard InChI is InChI=1S/C16H18FNO4S/c1-21-15-6-8-16(9-7-15)22-10-11-23(19,20)18-12-13-2-4-14(17)5-3-13/h2-9,18H,10-12H2,1H3. The Morgan fingerprint density at radius 3 is 2.22 bits per heavy atom. The molecule has 0 spiro atoms. The first-order valence-corrected chi connectivity index (χ1v) is 8.62. The Kier molecular flexibility index (Phi) is 5.95. The Balaban J connectivity index is 1.77. The Morgan fingerprint density at radius 2 is 1.61 bits per heavy atom. The number of halogens is 1. The fourth-order valence-corrected chi connectivity index (χ4v) is 2.64. The van der Waals surface area contributed by atoms with Crippen LogP contribution < -0.4 is 14.2 Å². The quantitative estimate of drug-likeness (QED) is 0.802. The van der Waals surface area contributed by atoms with Gasteiger partial charge in [0, 0.05) is 6.54 Å². The molecule has 5 nitrogen and oxygen atoms in total. The van der Waals surface area contributed by atoms with E-state index in [1.54, 1.807) is 31.4 Å². The molecule has 2 aromatic carbocycles. The van der Waals surface area contributed by atoms with Crippen LogP contribution in [0.1, 0.15) is 5.56 Å². The molecular formula is C16H18FNO4S. The first-order valence-electron chi connectivity index (χ1n) is 6.97. The average Bonchev–Trinajstić information content (AvgIpc) is 2.55. The molecule has 0 fully saturated rings. The summed E-state index contributed by atoms with van der Waals surface area (Å²) in [7, 11) is -1.90. The maximum Gasteiger partial charge on any atom is 0.215 e. The van der Waals surface area contributed by atoms with E-state index in [1.807, 2.05) is 0 Å². The van der Waals surface area contributed by atoms with Crippen LogP contribution in [0, 0.1) is 5.82 Å². The van der Waals surface area contributed by atoms with Crippen molar-refractivity contribution < 1.29 is 22.3 Å². The van der Waals surface area contributed by atoms with E-state index in [9.17, 15) is 12.8 Å². The smallest absolute Gasteiger partial charge is 0.215 e. The predicted octanol–water partition coefficient (Wildman–Crippen LogP) is 2.33. The molecule has 23 heavy (non-hydrogen) atoms. The van der Waals surface area contributed by atoms with E-state index in [1.165, 1.54) is 24.3 Å². The van der Waals surface area contributed by atoms with Crippen LogP contribution in [0.2, 0.25) is 0 Å². The summed E-state index contributed by atoms with van der Waals surface area (Å²) in [5.41, 5.74) is 0.686. The third-order valence-corrected chi connectivity index (χ3v) is 4.38. The second-order valence-corrected chi connectivity index (χ2v) is 6.72. The molecule has 0 saturated heterocycles. The van der Waals surface area contributed by atoms with Gasteiger partial charge in [-0.15, -0.1) is 0 Å². The van der Waals surface area contributed by atoms with Crippen LogP contribution in [0.5, 0.6) is 11.5 Å². The second kappa shape index (κ2) is 7.94. The fourth-order valence-electron chi connectivity index (χ4n) is 1.81. The maximum atomic E-state index is 12.8. The summed E-state index contributed by atoms with van der Waals surface area (Å²) in [5, 5.41) is 0. The van der Waals surface area contributed by atoms with Gasteiger partial charge < -0.3 is 9.47 Å². The van der Waals surface area contributed by atoms with Crippen molar-refractivity contribution >= 4 is 10.0 Å². The van der Waals surface area contributed by atoms with Crippen molar-refractivity contribution in [3.8, 4) is 11.5 Å². The van der Waals surface area contributed by atoms with Gasteiger partial charge in [0.15, 0.2) is 0 Å². The number of methoxy groups -OCH3 is 1. The summed E-state index contributed by atoms with van der Waals surface area (Å²) in [4.78, 5) is 0. The summed E-state index contributed by atoms with van der Waals surface area (Å²) >= 11 is 0. The maximum absolute atomic E-state index is 12.8. The molecule has 2 rings (SSSR count). The van der Waals surface area contributed by atoms with Crippen LogP contribution in [0.4, 0.5) is 4.39 Å². The molecule has 0 unspecified atom stereocenters. The molecule has 1 N–H and O–H groups in total. The monoisotopic (exact) mass is 339 g/mol. The van der Waals surface area contributed by atoms with Gasteiger partial charge in [-0.3, -0.25) is 0 Å². The molecule has 0 bridgehead atoms. The summed E-state index contributed by atoms with van der Waals surface area (Å²) in [5.74, 6) is 0.746. The highest BCUT2D eigenvalue weighted by Gasteiger charge is 2.10. The number of sulfonamides is 1. The molecule has 0 amide bonds. The lowest BCUT2D eigenvalue weighted by Gasteiger charge is -2.09. The minimum absolute atomic E-state index is 0.0328. The lowest BCUT2D eigenvalue weighted by molar-refractivity contribution is 0.339.